The number of benzene rings is 2. The third kappa shape index (κ3) is 5.75. The first-order valence-electron chi connectivity index (χ1n) is 9.66. The van der Waals surface area contributed by atoms with E-state index in [1.54, 1.807) is 36.4 Å². The summed E-state index contributed by atoms with van der Waals surface area (Å²) in [6.45, 7) is -0.0473. The Morgan fingerprint density at radius 3 is 2.35 bits per heavy atom. The fourth-order valence-electron chi connectivity index (χ4n) is 3.23. The molecule has 1 aliphatic rings. The van der Waals surface area contributed by atoms with Crippen LogP contribution in [0.25, 0.3) is 0 Å². The van der Waals surface area contributed by atoms with E-state index in [1.807, 2.05) is 0 Å². The van der Waals surface area contributed by atoms with Gasteiger partial charge < -0.3 is 14.8 Å². The number of rotatable bonds is 7. The Bertz CT molecular complexity index is 1030. The largest absolute Gasteiger partial charge is 0.497 e. The van der Waals surface area contributed by atoms with Crippen molar-refractivity contribution in [2.75, 3.05) is 32.1 Å². The lowest BCUT2D eigenvalue weighted by Crippen LogP contribution is -2.40. The van der Waals surface area contributed by atoms with Gasteiger partial charge in [0.2, 0.25) is 10.0 Å². The number of halogens is 1. The van der Waals surface area contributed by atoms with Crippen LogP contribution in [0.5, 0.6) is 5.75 Å². The van der Waals surface area contributed by atoms with Crippen LogP contribution in [0.2, 0.25) is 5.02 Å². The van der Waals surface area contributed by atoms with E-state index >= 15 is 0 Å². The third-order valence-corrected chi connectivity index (χ3v) is 7.22. The van der Waals surface area contributed by atoms with E-state index in [0.717, 1.165) is 0 Å². The summed E-state index contributed by atoms with van der Waals surface area (Å²) in [6.07, 6.45) is 0.640. The van der Waals surface area contributed by atoms with Crippen molar-refractivity contribution in [2.45, 2.75) is 17.7 Å². The van der Waals surface area contributed by atoms with Gasteiger partial charge in [-0.25, -0.2) is 8.42 Å². The van der Waals surface area contributed by atoms with E-state index in [9.17, 15) is 18.0 Å². The number of methoxy groups -OCH3 is 1. The first-order valence-corrected chi connectivity index (χ1v) is 11.5. The zero-order chi connectivity index (χ0) is 22.4. The Balaban J connectivity index is 1.49. The number of hydrogen-bond donors (Lipinski definition) is 1. The van der Waals surface area contributed by atoms with Crippen molar-refractivity contribution in [3.05, 3.63) is 53.6 Å². The monoisotopic (exact) mass is 466 g/mol. The molecule has 1 aliphatic heterocycles. The predicted molar refractivity (Wildman–Crippen MR) is 116 cm³/mol. The molecule has 2 aromatic rings. The van der Waals surface area contributed by atoms with Gasteiger partial charge in [0.15, 0.2) is 6.61 Å². The second-order valence-corrected chi connectivity index (χ2v) is 9.33. The molecule has 0 unspecified atom stereocenters. The van der Waals surface area contributed by atoms with Gasteiger partial charge in [0.05, 0.1) is 28.6 Å². The van der Waals surface area contributed by atoms with Crippen LogP contribution in [-0.2, 0) is 24.3 Å². The lowest BCUT2D eigenvalue weighted by atomic mass is 9.98. The van der Waals surface area contributed by atoms with Crippen LogP contribution in [0.1, 0.15) is 12.8 Å². The highest BCUT2D eigenvalue weighted by molar-refractivity contribution is 7.89. The maximum Gasteiger partial charge on any atom is 0.309 e. The van der Waals surface area contributed by atoms with Gasteiger partial charge >= 0.3 is 5.97 Å². The predicted octanol–water partition coefficient (Wildman–Crippen LogP) is 2.93. The lowest BCUT2D eigenvalue weighted by Gasteiger charge is -2.30. The average molecular weight is 467 g/mol. The van der Waals surface area contributed by atoms with Gasteiger partial charge in [0, 0.05) is 13.1 Å². The number of anilines is 1. The van der Waals surface area contributed by atoms with Crippen LogP contribution in [0, 0.1) is 5.92 Å². The summed E-state index contributed by atoms with van der Waals surface area (Å²) in [5.74, 6) is -0.911. The molecule has 0 spiro atoms. The Morgan fingerprint density at radius 1 is 1.10 bits per heavy atom. The van der Waals surface area contributed by atoms with Crippen molar-refractivity contribution in [3.63, 3.8) is 0 Å². The minimum absolute atomic E-state index is 0.172. The van der Waals surface area contributed by atoms with Crippen molar-refractivity contribution in [1.29, 1.82) is 0 Å². The van der Waals surface area contributed by atoms with E-state index in [1.165, 1.54) is 23.5 Å². The fourth-order valence-corrected chi connectivity index (χ4v) is 4.88. The highest BCUT2D eigenvalue weighted by Crippen LogP contribution is 2.26. The summed E-state index contributed by atoms with van der Waals surface area (Å²) in [5.41, 5.74) is 0.433. The molecular weight excluding hydrogens is 444 g/mol. The number of piperidine rings is 1. The highest BCUT2D eigenvalue weighted by Gasteiger charge is 2.33. The molecule has 1 N–H and O–H groups in total. The van der Waals surface area contributed by atoms with Crippen LogP contribution in [0.15, 0.2) is 53.4 Å². The van der Waals surface area contributed by atoms with Crippen LogP contribution in [-0.4, -0.2) is 51.4 Å². The van der Waals surface area contributed by atoms with Crippen LogP contribution < -0.4 is 10.1 Å². The van der Waals surface area contributed by atoms with Crippen molar-refractivity contribution in [2.24, 2.45) is 5.92 Å². The number of carbonyl (C=O) groups excluding carboxylic acids is 2. The van der Waals surface area contributed by atoms with E-state index in [0.29, 0.717) is 29.3 Å². The minimum atomic E-state index is -3.65. The topological polar surface area (TPSA) is 102 Å². The van der Waals surface area contributed by atoms with Crippen LogP contribution >= 0.6 is 11.6 Å². The number of nitrogens with zero attached hydrogens (tertiary/aromatic N) is 1. The van der Waals surface area contributed by atoms with Crippen molar-refractivity contribution in [1.82, 2.24) is 4.31 Å². The summed E-state index contributed by atoms with van der Waals surface area (Å²) in [5, 5.41) is 2.96. The Morgan fingerprint density at radius 2 is 1.74 bits per heavy atom. The number of carbonyl (C=O) groups is 2. The van der Waals surface area contributed by atoms with Gasteiger partial charge in [-0.1, -0.05) is 23.7 Å². The standard InChI is InChI=1S/C21H23ClN2O6S/c1-29-16-6-8-17(9-7-16)31(27,28)24-12-10-15(11-13-24)21(26)30-14-20(25)23-19-5-3-2-4-18(19)22/h2-9,15H,10-14H2,1H3,(H,23,25). The van der Waals surface area contributed by atoms with Gasteiger partial charge in [-0.2, -0.15) is 4.31 Å². The molecule has 0 atom stereocenters. The number of ether oxygens (including phenoxy) is 2. The van der Waals surface area contributed by atoms with Crippen molar-refractivity contribution < 1.29 is 27.5 Å². The maximum atomic E-state index is 12.8. The van der Waals surface area contributed by atoms with Crippen LogP contribution in [0.3, 0.4) is 0 Å². The Kier molecular flexibility index (Phi) is 7.53. The van der Waals surface area contributed by atoms with E-state index in [2.05, 4.69) is 5.32 Å². The molecule has 1 saturated heterocycles. The summed E-state index contributed by atoms with van der Waals surface area (Å²) >= 11 is 5.98. The van der Waals surface area contributed by atoms with Gasteiger partial charge in [-0.3, -0.25) is 9.59 Å². The molecular formula is C21H23ClN2O6S. The number of nitrogens with one attached hydrogen (secondary N) is 1. The van der Waals surface area contributed by atoms with Crippen molar-refractivity contribution >= 4 is 39.2 Å². The highest BCUT2D eigenvalue weighted by atomic mass is 35.5. The molecule has 0 bridgehead atoms. The second kappa shape index (κ2) is 10.1. The molecule has 1 amide bonds. The molecule has 8 nitrogen and oxygen atoms in total. The number of para-hydroxylation sites is 1. The zero-order valence-corrected chi connectivity index (χ0v) is 18.5. The van der Waals surface area contributed by atoms with E-state index < -0.39 is 34.4 Å². The number of esters is 1. The van der Waals surface area contributed by atoms with E-state index in [-0.39, 0.29) is 18.0 Å². The van der Waals surface area contributed by atoms with Crippen LogP contribution in [0.4, 0.5) is 5.69 Å². The minimum Gasteiger partial charge on any atom is -0.497 e. The summed E-state index contributed by atoms with van der Waals surface area (Å²) in [6, 6.07) is 12.9. The number of sulfonamides is 1. The normalized spacial score (nSPS) is 15.3. The molecule has 0 saturated carbocycles. The number of hydrogen-bond acceptors (Lipinski definition) is 6. The summed E-state index contributed by atoms with van der Waals surface area (Å²) < 4.78 is 37.1. The summed E-state index contributed by atoms with van der Waals surface area (Å²) in [7, 11) is -2.14. The molecule has 0 radical (unpaired) electrons. The maximum absolute atomic E-state index is 12.8. The third-order valence-electron chi connectivity index (χ3n) is 4.98. The molecule has 0 aliphatic carbocycles. The first-order chi connectivity index (χ1) is 14.8. The quantitative estimate of drug-likeness (QED) is 0.629. The van der Waals surface area contributed by atoms with Gasteiger partial charge in [0.25, 0.3) is 5.91 Å². The molecule has 166 valence electrons. The molecule has 1 heterocycles. The lowest BCUT2D eigenvalue weighted by molar-refractivity contribution is -0.152. The molecule has 2 aromatic carbocycles. The van der Waals surface area contributed by atoms with Gasteiger partial charge in [-0.15, -0.1) is 0 Å². The zero-order valence-electron chi connectivity index (χ0n) is 16.9. The first kappa shape index (κ1) is 23.1. The molecule has 0 aromatic heterocycles. The average Bonchev–Trinajstić information content (AvgIpc) is 2.79. The molecule has 1 fully saturated rings. The smallest absolute Gasteiger partial charge is 0.309 e. The Hall–Kier alpha value is -2.62. The number of amides is 1. The fraction of sp³-hybridized carbons (Fsp3) is 0.333. The molecule has 31 heavy (non-hydrogen) atoms. The van der Waals surface area contributed by atoms with E-state index in [4.69, 9.17) is 21.1 Å². The SMILES string of the molecule is COc1ccc(S(=O)(=O)N2CCC(C(=O)OCC(=O)Nc3ccccc3Cl)CC2)cc1. The van der Waals surface area contributed by atoms with Gasteiger partial charge in [0.1, 0.15) is 5.75 Å². The summed E-state index contributed by atoms with van der Waals surface area (Å²) in [4.78, 5) is 24.5. The Labute approximate surface area is 186 Å². The van der Waals surface area contributed by atoms with Gasteiger partial charge in [-0.05, 0) is 49.2 Å². The second-order valence-electron chi connectivity index (χ2n) is 6.99. The molecule has 10 heteroatoms. The van der Waals surface area contributed by atoms with Crippen molar-refractivity contribution in [3.8, 4) is 5.75 Å². The molecule has 3 rings (SSSR count).